The molecule has 0 aliphatic rings. The Bertz CT molecular complexity index is 3320. The molecule has 0 amide bonds. The standard InChI is InChI=1S/C46H27N3S/c1-2-13-28(14-3-1)47(39-23-12-20-33-30-15-8-11-24-41(30)50-46(33)39)29-25-26-38-40(27-29)49-37-22-10-7-19-35(37)43-32-17-5-4-16-31(32)42-34-18-6-9-21-36(34)48(38)44(42)45(43)49/h1-27H. The van der Waals surface area contributed by atoms with Gasteiger partial charge in [-0.2, -0.15) is 0 Å². The Balaban J connectivity index is 1.28. The number of hydrogen-bond donors (Lipinski definition) is 0. The fraction of sp³-hybridized carbons (Fsp3) is 0. The average molecular weight is 654 g/mol. The van der Waals surface area contributed by atoms with Crippen LogP contribution in [0.4, 0.5) is 17.1 Å². The molecule has 0 saturated carbocycles. The minimum atomic E-state index is 1.13. The Hall–Kier alpha value is -6.36. The van der Waals surface area contributed by atoms with Gasteiger partial charge < -0.3 is 13.7 Å². The molecule has 0 radical (unpaired) electrons. The van der Waals surface area contributed by atoms with Crippen LogP contribution in [0.2, 0.25) is 0 Å². The van der Waals surface area contributed by atoms with Gasteiger partial charge in [0.1, 0.15) is 0 Å². The molecule has 0 N–H and O–H groups in total. The highest BCUT2D eigenvalue weighted by molar-refractivity contribution is 7.26. The first-order valence-corrected chi connectivity index (χ1v) is 17.9. The summed E-state index contributed by atoms with van der Waals surface area (Å²) in [5.74, 6) is 0. The predicted octanol–water partition coefficient (Wildman–Crippen LogP) is 13.2. The molecule has 50 heavy (non-hydrogen) atoms. The lowest BCUT2D eigenvalue weighted by Crippen LogP contribution is -2.10. The van der Waals surface area contributed by atoms with Crippen LogP contribution in [0, 0.1) is 0 Å². The molecule has 0 fully saturated rings. The summed E-state index contributed by atoms with van der Waals surface area (Å²) in [6.07, 6.45) is 0. The molecular formula is C46H27N3S. The van der Waals surface area contributed by atoms with E-state index >= 15 is 0 Å². The average Bonchev–Trinajstić information content (AvgIpc) is 3.85. The van der Waals surface area contributed by atoms with E-state index in [1.807, 2.05) is 11.3 Å². The van der Waals surface area contributed by atoms with Gasteiger partial charge in [0, 0.05) is 48.4 Å². The quantitative estimate of drug-likeness (QED) is 0.173. The molecule has 4 aromatic heterocycles. The first-order chi connectivity index (χ1) is 24.8. The highest BCUT2D eigenvalue weighted by Crippen LogP contribution is 2.49. The van der Waals surface area contributed by atoms with Crippen LogP contribution >= 0.6 is 11.3 Å². The number of para-hydroxylation sites is 3. The van der Waals surface area contributed by atoms with Crippen LogP contribution in [0.1, 0.15) is 0 Å². The monoisotopic (exact) mass is 653 g/mol. The molecular weight excluding hydrogens is 627 g/mol. The van der Waals surface area contributed by atoms with E-state index in [9.17, 15) is 0 Å². The highest BCUT2D eigenvalue weighted by Gasteiger charge is 2.26. The van der Waals surface area contributed by atoms with Crippen LogP contribution in [0.15, 0.2) is 164 Å². The van der Waals surface area contributed by atoms with E-state index in [4.69, 9.17) is 0 Å². The van der Waals surface area contributed by atoms with Crippen molar-refractivity contribution in [1.29, 1.82) is 0 Å². The fourth-order valence-electron chi connectivity index (χ4n) is 8.82. The van der Waals surface area contributed by atoms with Crippen molar-refractivity contribution in [3.63, 3.8) is 0 Å². The number of thiophene rings is 1. The summed E-state index contributed by atoms with van der Waals surface area (Å²) in [5, 5.41) is 10.4. The van der Waals surface area contributed by atoms with Gasteiger partial charge >= 0.3 is 0 Å². The van der Waals surface area contributed by atoms with Crippen LogP contribution in [-0.2, 0) is 0 Å². The third-order valence-corrected chi connectivity index (χ3v) is 12.0. The summed E-state index contributed by atoms with van der Waals surface area (Å²) < 4.78 is 7.66. The van der Waals surface area contributed by atoms with Gasteiger partial charge in [0.2, 0.25) is 0 Å². The molecule has 0 atom stereocenters. The van der Waals surface area contributed by atoms with E-state index in [1.54, 1.807) is 0 Å². The predicted molar refractivity (Wildman–Crippen MR) is 215 cm³/mol. The van der Waals surface area contributed by atoms with Crippen molar-refractivity contribution in [3.8, 4) is 0 Å². The third-order valence-electron chi connectivity index (χ3n) is 10.8. The normalized spacial score (nSPS) is 12.4. The molecule has 4 heteroatoms. The second kappa shape index (κ2) is 9.63. The third kappa shape index (κ3) is 3.29. The number of hydrogen-bond acceptors (Lipinski definition) is 2. The van der Waals surface area contributed by atoms with Gasteiger partial charge in [-0.15, -0.1) is 11.3 Å². The van der Waals surface area contributed by atoms with Gasteiger partial charge in [-0.05, 0) is 65.4 Å². The second-order valence-corrected chi connectivity index (χ2v) is 14.3. The highest BCUT2D eigenvalue weighted by atomic mass is 32.1. The number of benzene rings is 8. The SMILES string of the molecule is c1ccc(N(c2ccc3c(c2)n2c4ccccc4c4c5ccccc5c5c6ccccc6n3c5c42)c2cccc3c2sc2ccccc23)cc1. The van der Waals surface area contributed by atoms with Crippen molar-refractivity contribution in [3.05, 3.63) is 164 Å². The van der Waals surface area contributed by atoms with Crippen LogP contribution in [0.5, 0.6) is 0 Å². The van der Waals surface area contributed by atoms with Gasteiger partial charge in [0.25, 0.3) is 0 Å². The molecule has 0 aliphatic carbocycles. The zero-order valence-corrected chi connectivity index (χ0v) is 27.7. The minimum absolute atomic E-state index is 1.13. The Labute approximate surface area is 290 Å². The second-order valence-electron chi connectivity index (χ2n) is 13.3. The van der Waals surface area contributed by atoms with E-state index in [1.165, 1.54) is 91.3 Å². The van der Waals surface area contributed by atoms with Gasteiger partial charge in [-0.1, -0.05) is 109 Å². The number of rotatable bonds is 3. The molecule has 0 aliphatic heterocycles. The van der Waals surface area contributed by atoms with Gasteiger partial charge in [0.05, 0.1) is 43.5 Å². The molecule has 3 nitrogen and oxygen atoms in total. The van der Waals surface area contributed by atoms with E-state index < -0.39 is 0 Å². The summed E-state index contributed by atoms with van der Waals surface area (Å²) in [6.45, 7) is 0. The molecule has 0 bridgehead atoms. The summed E-state index contributed by atoms with van der Waals surface area (Å²) in [5.41, 5.74) is 10.9. The summed E-state index contributed by atoms with van der Waals surface area (Å²) >= 11 is 1.87. The molecule has 0 saturated heterocycles. The lowest BCUT2D eigenvalue weighted by atomic mass is 9.98. The summed E-state index contributed by atoms with van der Waals surface area (Å²) in [4.78, 5) is 2.44. The van der Waals surface area contributed by atoms with E-state index in [2.05, 4.69) is 177 Å². The topological polar surface area (TPSA) is 12.1 Å². The molecule has 0 unspecified atom stereocenters. The fourth-order valence-corrected chi connectivity index (χ4v) is 10.0. The van der Waals surface area contributed by atoms with Crippen molar-refractivity contribution in [2.75, 3.05) is 4.90 Å². The molecule has 4 heterocycles. The maximum Gasteiger partial charge on any atom is 0.0796 e. The van der Waals surface area contributed by atoms with Gasteiger partial charge in [-0.3, -0.25) is 0 Å². The van der Waals surface area contributed by atoms with Crippen molar-refractivity contribution < 1.29 is 0 Å². The molecule has 0 spiro atoms. The number of fused-ring (bicyclic) bond motifs is 15. The maximum absolute atomic E-state index is 2.54. The Morgan fingerprint density at radius 1 is 0.380 bits per heavy atom. The Morgan fingerprint density at radius 3 is 1.64 bits per heavy atom. The van der Waals surface area contributed by atoms with Crippen LogP contribution in [0.3, 0.4) is 0 Å². The summed E-state index contributed by atoms with van der Waals surface area (Å²) in [6, 6.07) is 60.2. The van der Waals surface area contributed by atoms with Crippen molar-refractivity contribution >= 4 is 114 Å². The van der Waals surface area contributed by atoms with E-state index in [0.29, 0.717) is 0 Å². The molecule has 8 aromatic carbocycles. The lowest BCUT2D eigenvalue weighted by molar-refractivity contribution is 1.24. The Morgan fingerprint density at radius 2 is 0.940 bits per heavy atom. The van der Waals surface area contributed by atoms with Crippen LogP contribution < -0.4 is 4.90 Å². The van der Waals surface area contributed by atoms with Crippen LogP contribution in [-0.4, -0.2) is 8.80 Å². The van der Waals surface area contributed by atoms with Gasteiger partial charge in [0.15, 0.2) is 0 Å². The first-order valence-electron chi connectivity index (χ1n) is 17.1. The lowest BCUT2D eigenvalue weighted by Gasteiger charge is -2.26. The smallest absolute Gasteiger partial charge is 0.0796 e. The largest absolute Gasteiger partial charge is 0.309 e. The first kappa shape index (κ1) is 26.6. The summed E-state index contributed by atoms with van der Waals surface area (Å²) in [7, 11) is 0. The number of aromatic nitrogens is 2. The van der Waals surface area contributed by atoms with Crippen molar-refractivity contribution in [2.45, 2.75) is 0 Å². The van der Waals surface area contributed by atoms with Crippen LogP contribution in [0.25, 0.3) is 85.6 Å². The number of anilines is 3. The zero-order chi connectivity index (χ0) is 32.5. The maximum atomic E-state index is 2.54. The van der Waals surface area contributed by atoms with Crippen molar-refractivity contribution in [2.24, 2.45) is 0 Å². The number of nitrogens with zero attached hydrogens (tertiary/aromatic N) is 3. The zero-order valence-electron chi connectivity index (χ0n) is 26.8. The Kier molecular flexibility index (Phi) is 5.12. The van der Waals surface area contributed by atoms with E-state index in [-0.39, 0.29) is 0 Å². The van der Waals surface area contributed by atoms with Crippen molar-refractivity contribution in [1.82, 2.24) is 8.80 Å². The molecule has 12 aromatic rings. The molecule has 12 rings (SSSR count). The van der Waals surface area contributed by atoms with Gasteiger partial charge in [-0.25, -0.2) is 0 Å². The van der Waals surface area contributed by atoms with E-state index in [0.717, 1.165) is 11.4 Å². The minimum Gasteiger partial charge on any atom is -0.309 e. The molecule has 232 valence electrons.